The number of thiophene rings is 1. The summed E-state index contributed by atoms with van der Waals surface area (Å²) >= 11 is 1.38. The van der Waals surface area contributed by atoms with E-state index >= 15 is 0 Å². The molecule has 112 valence electrons. The molecule has 2 aromatic heterocycles. The summed E-state index contributed by atoms with van der Waals surface area (Å²) in [5.74, 6) is 0.567. The van der Waals surface area contributed by atoms with Crippen LogP contribution in [0.5, 0.6) is 0 Å². The molecule has 0 bridgehead atoms. The van der Waals surface area contributed by atoms with E-state index in [0.717, 1.165) is 22.5 Å². The predicted molar refractivity (Wildman–Crippen MR) is 87.7 cm³/mol. The van der Waals surface area contributed by atoms with Crippen LogP contribution >= 0.6 is 11.3 Å². The number of fused-ring (bicyclic) bond motifs is 1. The van der Waals surface area contributed by atoms with Crippen molar-refractivity contribution in [1.29, 1.82) is 0 Å². The number of nitrogens with two attached hydrogens (primary N) is 1. The van der Waals surface area contributed by atoms with E-state index in [2.05, 4.69) is 10.3 Å². The summed E-state index contributed by atoms with van der Waals surface area (Å²) < 4.78 is 0. The van der Waals surface area contributed by atoms with Crippen molar-refractivity contribution in [3.05, 3.63) is 22.7 Å². The standard InChI is InChI=1S/C16H21N3OS/c1-10-7-8-12-13(17)14(21-16(12)19-10)15(20)18-9-11-5-3-2-4-6-11/h7-8,11H,2-6,9,17H2,1H3,(H,18,20). The molecule has 2 aromatic rings. The minimum Gasteiger partial charge on any atom is -0.397 e. The molecule has 1 aliphatic carbocycles. The van der Waals surface area contributed by atoms with Crippen LogP contribution in [0.15, 0.2) is 12.1 Å². The van der Waals surface area contributed by atoms with Crippen molar-refractivity contribution in [2.45, 2.75) is 39.0 Å². The largest absolute Gasteiger partial charge is 0.397 e. The van der Waals surface area contributed by atoms with E-state index in [-0.39, 0.29) is 5.91 Å². The molecule has 3 rings (SSSR count). The minimum atomic E-state index is -0.0567. The molecule has 0 aliphatic heterocycles. The molecular weight excluding hydrogens is 282 g/mol. The van der Waals surface area contributed by atoms with E-state index in [0.29, 0.717) is 16.5 Å². The molecule has 1 amide bonds. The lowest BCUT2D eigenvalue weighted by atomic mass is 9.89. The second kappa shape index (κ2) is 6.02. The van der Waals surface area contributed by atoms with Gasteiger partial charge in [0.15, 0.2) is 0 Å². The van der Waals surface area contributed by atoms with E-state index in [1.54, 1.807) is 0 Å². The van der Waals surface area contributed by atoms with Gasteiger partial charge in [0.05, 0.1) is 5.69 Å². The number of carbonyl (C=O) groups excluding carboxylic acids is 1. The smallest absolute Gasteiger partial charge is 0.263 e. The van der Waals surface area contributed by atoms with Crippen molar-refractivity contribution >= 4 is 33.1 Å². The first kappa shape index (κ1) is 14.3. The number of rotatable bonds is 3. The van der Waals surface area contributed by atoms with E-state index in [1.165, 1.54) is 43.4 Å². The van der Waals surface area contributed by atoms with Gasteiger partial charge >= 0.3 is 0 Å². The number of carbonyl (C=O) groups is 1. The van der Waals surface area contributed by atoms with E-state index in [9.17, 15) is 4.79 Å². The van der Waals surface area contributed by atoms with Crippen LogP contribution < -0.4 is 11.1 Å². The van der Waals surface area contributed by atoms with Gasteiger partial charge in [0.2, 0.25) is 0 Å². The average Bonchev–Trinajstić information content (AvgIpc) is 2.82. The van der Waals surface area contributed by atoms with Crippen LogP contribution in [0, 0.1) is 12.8 Å². The van der Waals surface area contributed by atoms with Crippen molar-refractivity contribution in [2.75, 3.05) is 12.3 Å². The second-order valence-electron chi connectivity index (χ2n) is 5.86. The second-order valence-corrected chi connectivity index (χ2v) is 6.86. The molecule has 4 nitrogen and oxygen atoms in total. The Morgan fingerprint density at radius 1 is 1.38 bits per heavy atom. The van der Waals surface area contributed by atoms with Gasteiger partial charge in [0.1, 0.15) is 9.71 Å². The highest BCUT2D eigenvalue weighted by Gasteiger charge is 2.19. The fourth-order valence-corrected chi connectivity index (χ4v) is 4.02. The topological polar surface area (TPSA) is 68.0 Å². The Morgan fingerprint density at radius 2 is 2.14 bits per heavy atom. The predicted octanol–water partition coefficient (Wildman–Crippen LogP) is 3.50. The number of hydrogen-bond acceptors (Lipinski definition) is 4. The van der Waals surface area contributed by atoms with Crippen molar-refractivity contribution in [2.24, 2.45) is 5.92 Å². The summed E-state index contributed by atoms with van der Waals surface area (Å²) in [6.45, 7) is 2.71. The molecule has 21 heavy (non-hydrogen) atoms. The summed E-state index contributed by atoms with van der Waals surface area (Å²) in [6, 6.07) is 3.87. The van der Waals surface area contributed by atoms with Crippen LogP contribution in [-0.2, 0) is 0 Å². The average molecular weight is 303 g/mol. The third kappa shape index (κ3) is 3.02. The lowest BCUT2D eigenvalue weighted by Gasteiger charge is -2.21. The summed E-state index contributed by atoms with van der Waals surface area (Å²) in [7, 11) is 0. The van der Waals surface area contributed by atoms with Crippen molar-refractivity contribution in [3.63, 3.8) is 0 Å². The van der Waals surface area contributed by atoms with Gasteiger partial charge in [-0.3, -0.25) is 4.79 Å². The Kier molecular flexibility index (Phi) is 4.10. The van der Waals surface area contributed by atoms with E-state index in [4.69, 9.17) is 5.73 Å². The molecule has 1 fully saturated rings. The highest BCUT2D eigenvalue weighted by Crippen LogP contribution is 2.32. The van der Waals surface area contributed by atoms with Gasteiger partial charge in [-0.2, -0.15) is 0 Å². The summed E-state index contributed by atoms with van der Waals surface area (Å²) in [5, 5.41) is 3.93. The van der Waals surface area contributed by atoms with Gasteiger partial charge < -0.3 is 11.1 Å². The van der Waals surface area contributed by atoms with Gasteiger partial charge in [-0.1, -0.05) is 19.3 Å². The number of pyridine rings is 1. The highest BCUT2D eigenvalue weighted by molar-refractivity contribution is 7.21. The molecule has 1 aliphatic rings. The van der Waals surface area contributed by atoms with Gasteiger partial charge in [-0.05, 0) is 37.8 Å². The zero-order valence-electron chi connectivity index (χ0n) is 12.3. The zero-order valence-corrected chi connectivity index (χ0v) is 13.1. The summed E-state index contributed by atoms with van der Waals surface area (Å²) in [6.07, 6.45) is 6.36. The van der Waals surface area contributed by atoms with Crippen molar-refractivity contribution in [3.8, 4) is 0 Å². The van der Waals surface area contributed by atoms with Crippen LogP contribution in [0.3, 0.4) is 0 Å². The summed E-state index contributed by atoms with van der Waals surface area (Å²) in [4.78, 5) is 18.2. The lowest BCUT2D eigenvalue weighted by molar-refractivity contribution is 0.0948. The Hall–Kier alpha value is -1.62. The fourth-order valence-electron chi connectivity index (χ4n) is 2.97. The number of nitrogen functional groups attached to an aromatic ring is 1. The minimum absolute atomic E-state index is 0.0567. The van der Waals surface area contributed by atoms with Gasteiger partial charge in [-0.15, -0.1) is 11.3 Å². The highest BCUT2D eigenvalue weighted by atomic mass is 32.1. The molecule has 0 spiro atoms. The van der Waals surface area contributed by atoms with Gasteiger partial charge in [-0.25, -0.2) is 4.98 Å². The molecule has 3 N–H and O–H groups in total. The van der Waals surface area contributed by atoms with Crippen LogP contribution in [0.25, 0.3) is 10.2 Å². The van der Waals surface area contributed by atoms with Crippen LogP contribution in [0.1, 0.15) is 47.5 Å². The van der Waals surface area contributed by atoms with Gasteiger partial charge in [0.25, 0.3) is 5.91 Å². The van der Waals surface area contributed by atoms with E-state index < -0.39 is 0 Å². The number of nitrogens with one attached hydrogen (secondary N) is 1. The van der Waals surface area contributed by atoms with Crippen molar-refractivity contribution < 1.29 is 4.79 Å². The maximum atomic E-state index is 12.4. The van der Waals surface area contributed by atoms with Crippen molar-refractivity contribution in [1.82, 2.24) is 10.3 Å². The molecule has 5 heteroatoms. The fraction of sp³-hybridized carbons (Fsp3) is 0.500. The molecule has 0 atom stereocenters. The SMILES string of the molecule is Cc1ccc2c(N)c(C(=O)NCC3CCCCC3)sc2n1. The maximum absolute atomic E-state index is 12.4. The molecule has 0 saturated heterocycles. The molecular formula is C16H21N3OS. The summed E-state index contributed by atoms with van der Waals surface area (Å²) in [5.41, 5.74) is 7.61. The quantitative estimate of drug-likeness (QED) is 0.912. The Labute approximate surface area is 128 Å². The molecule has 0 unspecified atom stereocenters. The Bertz CT molecular complexity index is 659. The number of amides is 1. The zero-order chi connectivity index (χ0) is 14.8. The lowest BCUT2D eigenvalue weighted by Crippen LogP contribution is -2.30. The van der Waals surface area contributed by atoms with Crippen LogP contribution in [0.4, 0.5) is 5.69 Å². The number of aromatic nitrogens is 1. The molecule has 2 heterocycles. The monoisotopic (exact) mass is 303 g/mol. The first-order chi connectivity index (χ1) is 10.1. The molecule has 0 aromatic carbocycles. The maximum Gasteiger partial charge on any atom is 0.263 e. The third-order valence-corrected chi connectivity index (χ3v) is 5.33. The van der Waals surface area contributed by atoms with Crippen LogP contribution in [-0.4, -0.2) is 17.4 Å². The molecule has 1 saturated carbocycles. The number of hydrogen-bond donors (Lipinski definition) is 2. The number of anilines is 1. The number of nitrogens with zero attached hydrogens (tertiary/aromatic N) is 1. The van der Waals surface area contributed by atoms with Crippen LogP contribution in [0.2, 0.25) is 0 Å². The Balaban J connectivity index is 1.73. The third-order valence-electron chi connectivity index (χ3n) is 4.22. The first-order valence-electron chi connectivity index (χ1n) is 7.59. The molecule has 0 radical (unpaired) electrons. The first-order valence-corrected chi connectivity index (χ1v) is 8.40. The number of aryl methyl sites for hydroxylation is 1. The van der Waals surface area contributed by atoms with E-state index in [1.807, 2.05) is 19.1 Å². The van der Waals surface area contributed by atoms with Gasteiger partial charge in [0, 0.05) is 17.6 Å². The normalized spacial score (nSPS) is 16.2. The Morgan fingerprint density at radius 3 is 2.90 bits per heavy atom.